The van der Waals surface area contributed by atoms with Gasteiger partial charge in [0.15, 0.2) is 11.2 Å². The second-order valence-electron chi connectivity index (χ2n) is 7.49. The van der Waals surface area contributed by atoms with Crippen molar-refractivity contribution in [1.29, 1.82) is 0 Å². The van der Waals surface area contributed by atoms with Gasteiger partial charge in [-0.3, -0.25) is 13.9 Å². The SMILES string of the molecule is CCOCCn1c(-n2nc(C)cc2C)nc2c1c(=O)n(Cc1ccccc1)c(=O)n2C. The summed E-state index contributed by atoms with van der Waals surface area (Å²) in [6.45, 7) is 7.33. The van der Waals surface area contributed by atoms with Crippen LogP contribution in [0, 0.1) is 13.8 Å². The van der Waals surface area contributed by atoms with Gasteiger partial charge in [-0.1, -0.05) is 30.3 Å². The summed E-state index contributed by atoms with van der Waals surface area (Å²) in [6, 6.07) is 11.4. The van der Waals surface area contributed by atoms with E-state index in [1.807, 2.05) is 57.2 Å². The van der Waals surface area contributed by atoms with Crippen molar-refractivity contribution in [1.82, 2.24) is 28.5 Å². The Morgan fingerprint density at radius 1 is 1.06 bits per heavy atom. The molecule has 4 aromatic rings. The molecule has 0 bridgehead atoms. The lowest BCUT2D eigenvalue weighted by molar-refractivity contribution is 0.139. The largest absolute Gasteiger partial charge is 0.380 e. The first-order chi connectivity index (χ1) is 14.9. The van der Waals surface area contributed by atoms with Gasteiger partial charge < -0.3 is 9.30 Å². The Labute approximate surface area is 179 Å². The fourth-order valence-corrected chi connectivity index (χ4v) is 3.77. The van der Waals surface area contributed by atoms with Crippen LogP contribution in [-0.2, 0) is 24.9 Å². The van der Waals surface area contributed by atoms with Crippen LogP contribution < -0.4 is 11.2 Å². The number of rotatable bonds is 7. The Balaban J connectivity index is 1.98. The zero-order valence-electron chi connectivity index (χ0n) is 18.2. The van der Waals surface area contributed by atoms with Crippen molar-refractivity contribution < 1.29 is 4.74 Å². The van der Waals surface area contributed by atoms with Crippen molar-refractivity contribution in [2.24, 2.45) is 7.05 Å². The van der Waals surface area contributed by atoms with Crippen LogP contribution >= 0.6 is 0 Å². The lowest BCUT2D eigenvalue weighted by atomic mass is 10.2. The van der Waals surface area contributed by atoms with E-state index in [0.29, 0.717) is 36.9 Å². The molecule has 0 unspecified atom stereocenters. The molecule has 4 rings (SSSR count). The van der Waals surface area contributed by atoms with E-state index in [-0.39, 0.29) is 12.1 Å². The van der Waals surface area contributed by atoms with E-state index in [2.05, 4.69) is 10.1 Å². The van der Waals surface area contributed by atoms with E-state index in [1.54, 1.807) is 16.3 Å². The Morgan fingerprint density at radius 2 is 1.81 bits per heavy atom. The monoisotopic (exact) mass is 422 g/mol. The molecule has 0 aliphatic rings. The van der Waals surface area contributed by atoms with E-state index < -0.39 is 5.69 Å². The summed E-state index contributed by atoms with van der Waals surface area (Å²) in [5.41, 5.74) is 2.52. The van der Waals surface area contributed by atoms with Crippen LogP contribution in [0.1, 0.15) is 23.9 Å². The molecule has 3 aromatic heterocycles. The van der Waals surface area contributed by atoms with Gasteiger partial charge in [0.05, 0.1) is 18.8 Å². The highest BCUT2D eigenvalue weighted by Gasteiger charge is 2.22. The number of aromatic nitrogens is 6. The highest BCUT2D eigenvalue weighted by molar-refractivity contribution is 5.72. The zero-order valence-corrected chi connectivity index (χ0v) is 18.2. The van der Waals surface area contributed by atoms with Crippen LogP contribution in [0.3, 0.4) is 0 Å². The Morgan fingerprint density at radius 3 is 2.45 bits per heavy atom. The third kappa shape index (κ3) is 3.72. The predicted octanol–water partition coefficient (Wildman–Crippen LogP) is 1.78. The van der Waals surface area contributed by atoms with Gasteiger partial charge >= 0.3 is 5.69 Å². The van der Waals surface area contributed by atoms with Crippen LogP contribution in [-0.4, -0.2) is 41.7 Å². The quantitative estimate of drug-likeness (QED) is 0.424. The van der Waals surface area contributed by atoms with Crippen molar-refractivity contribution in [3.8, 4) is 5.95 Å². The third-order valence-electron chi connectivity index (χ3n) is 5.26. The molecule has 3 heterocycles. The van der Waals surface area contributed by atoms with Crippen LogP contribution in [0.4, 0.5) is 0 Å². The van der Waals surface area contributed by atoms with Crippen molar-refractivity contribution >= 4 is 11.2 Å². The van der Waals surface area contributed by atoms with Gasteiger partial charge in [0, 0.05) is 25.9 Å². The fraction of sp³-hybridized carbons (Fsp3) is 0.364. The minimum absolute atomic E-state index is 0.189. The number of aryl methyl sites for hydroxylation is 3. The lowest BCUT2D eigenvalue weighted by Gasteiger charge is -2.11. The topological polar surface area (TPSA) is 88.9 Å². The molecule has 0 amide bonds. The number of fused-ring (bicyclic) bond motifs is 1. The summed E-state index contributed by atoms with van der Waals surface area (Å²) in [5, 5.41) is 4.53. The van der Waals surface area contributed by atoms with E-state index >= 15 is 0 Å². The predicted molar refractivity (Wildman–Crippen MR) is 118 cm³/mol. The molecule has 0 aliphatic carbocycles. The second-order valence-corrected chi connectivity index (χ2v) is 7.49. The second kappa shape index (κ2) is 8.35. The minimum Gasteiger partial charge on any atom is -0.380 e. The first-order valence-corrected chi connectivity index (χ1v) is 10.3. The molecule has 0 N–H and O–H groups in total. The van der Waals surface area contributed by atoms with Gasteiger partial charge in [-0.2, -0.15) is 10.1 Å². The van der Waals surface area contributed by atoms with Crippen molar-refractivity contribution in [2.75, 3.05) is 13.2 Å². The van der Waals surface area contributed by atoms with E-state index in [1.165, 1.54) is 9.13 Å². The van der Waals surface area contributed by atoms with Gasteiger partial charge in [0.1, 0.15) is 0 Å². The standard InChI is InChI=1S/C22H26N6O3/c1-5-31-12-11-26-18-19(23-21(26)28-16(3)13-15(2)24-28)25(4)22(30)27(20(18)29)14-17-9-7-6-8-10-17/h6-10,13H,5,11-12,14H2,1-4H3. The van der Waals surface area contributed by atoms with Crippen molar-refractivity contribution in [2.45, 2.75) is 33.9 Å². The van der Waals surface area contributed by atoms with Crippen LogP contribution in [0.15, 0.2) is 46.0 Å². The summed E-state index contributed by atoms with van der Waals surface area (Å²) >= 11 is 0. The molecular formula is C22H26N6O3. The van der Waals surface area contributed by atoms with Gasteiger partial charge in [0.2, 0.25) is 5.95 Å². The number of hydrogen-bond donors (Lipinski definition) is 0. The van der Waals surface area contributed by atoms with Crippen LogP contribution in [0.5, 0.6) is 0 Å². The van der Waals surface area contributed by atoms with Crippen molar-refractivity contribution in [3.63, 3.8) is 0 Å². The molecule has 9 heteroatoms. The summed E-state index contributed by atoms with van der Waals surface area (Å²) in [4.78, 5) is 31.2. The highest BCUT2D eigenvalue weighted by atomic mass is 16.5. The zero-order chi connectivity index (χ0) is 22.1. The molecule has 0 aliphatic heterocycles. The highest BCUT2D eigenvalue weighted by Crippen LogP contribution is 2.17. The third-order valence-corrected chi connectivity index (χ3v) is 5.26. The molecule has 0 radical (unpaired) electrons. The van der Waals surface area contributed by atoms with E-state index in [0.717, 1.165) is 17.0 Å². The molecule has 0 atom stereocenters. The molecule has 162 valence electrons. The van der Waals surface area contributed by atoms with Crippen molar-refractivity contribution in [3.05, 3.63) is 74.2 Å². The average molecular weight is 422 g/mol. The maximum atomic E-state index is 13.5. The summed E-state index contributed by atoms with van der Waals surface area (Å²) in [5.74, 6) is 0.491. The summed E-state index contributed by atoms with van der Waals surface area (Å²) < 4.78 is 11.7. The fourth-order valence-electron chi connectivity index (χ4n) is 3.77. The maximum Gasteiger partial charge on any atom is 0.332 e. The van der Waals surface area contributed by atoms with Gasteiger partial charge in [0.25, 0.3) is 5.56 Å². The Bertz CT molecular complexity index is 1340. The smallest absolute Gasteiger partial charge is 0.332 e. The lowest BCUT2D eigenvalue weighted by Crippen LogP contribution is -2.40. The molecule has 0 fully saturated rings. The average Bonchev–Trinajstić information content (AvgIpc) is 3.30. The van der Waals surface area contributed by atoms with Crippen LogP contribution in [0.2, 0.25) is 0 Å². The number of benzene rings is 1. The van der Waals surface area contributed by atoms with E-state index in [4.69, 9.17) is 4.74 Å². The minimum atomic E-state index is -0.407. The number of imidazole rings is 1. The number of nitrogens with zero attached hydrogens (tertiary/aromatic N) is 6. The number of ether oxygens (including phenoxy) is 1. The molecule has 9 nitrogen and oxygen atoms in total. The molecule has 1 aromatic carbocycles. The summed E-state index contributed by atoms with van der Waals surface area (Å²) in [7, 11) is 1.64. The van der Waals surface area contributed by atoms with Gasteiger partial charge in [-0.25, -0.2) is 9.48 Å². The van der Waals surface area contributed by atoms with E-state index in [9.17, 15) is 9.59 Å². The molecular weight excluding hydrogens is 396 g/mol. The first-order valence-electron chi connectivity index (χ1n) is 10.3. The molecule has 0 saturated carbocycles. The number of hydrogen-bond acceptors (Lipinski definition) is 5. The maximum absolute atomic E-state index is 13.5. The van der Waals surface area contributed by atoms with Gasteiger partial charge in [-0.05, 0) is 32.4 Å². The normalized spacial score (nSPS) is 11.5. The first kappa shape index (κ1) is 20.8. The van der Waals surface area contributed by atoms with Gasteiger partial charge in [-0.15, -0.1) is 0 Å². The van der Waals surface area contributed by atoms with Crippen LogP contribution in [0.25, 0.3) is 17.1 Å². The molecule has 0 spiro atoms. The summed E-state index contributed by atoms with van der Waals surface area (Å²) in [6.07, 6.45) is 0. The molecule has 0 saturated heterocycles. The Kier molecular flexibility index (Phi) is 5.60. The molecule has 31 heavy (non-hydrogen) atoms. The Hall–Kier alpha value is -3.46.